The van der Waals surface area contributed by atoms with E-state index in [9.17, 15) is 18.4 Å². The Balaban J connectivity index is 1.86. The highest BCUT2D eigenvalue weighted by Gasteiger charge is 2.36. The Hall–Kier alpha value is -3.44. The van der Waals surface area contributed by atoms with E-state index < -0.39 is 17.3 Å². The van der Waals surface area contributed by atoms with E-state index in [1.54, 1.807) is 48.5 Å². The molecule has 4 nitrogen and oxygen atoms in total. The van der Waals surface area contributed by atoms with Crippen molar-refractivity contribution in [3.63, 3.8) is 0 Å². The molecule has 164 valence electrons. The van der Waals surface area contributed by atoms with Crippen LogP contribution >= 0.6 is 11.8 Å². The van der Waals surface area contributed by atoms with E-state index >= 15 is 0 Å². The van der Waals surface area contributed by atoms with Crippen LogP contribution in [0, 0.1) is 11.3 Å². The van der Waals surface area contributed by atoms with Gasteiger partial charge in [-0.2, -0.15) is 18.4 Å². The molecule has 0 unspecified atom stereocenters. The first-order chi connectivity index (χ1) is 15.4. The molecular formula is C24H19F3N2O2S. The Morgan fingerprint density at radius 1 is 1.03 bits per heavy atom. The first-order valence-corrected chi connectivity index (χ1v) is 10.6. The van der Waals surface area contributed by atoms with Gasteiger partial charge < -0.3 is 9.47 Å². The van der Waals surface area contributed by atoms with Gasteiger partial charge in [-0.25, -0.2) is 4.98 Å². The van der Waals surface area contributed by atoms with Gasteiger partial charge in [-0.05, 0) is 42.5 Å². The number of hydrogen-bond acceptors (Lipinski definition) is 5. The molecule has 0 amide bonds. The maximum Gasteiger partial charge on any atom is 0.417 e. The number of halogens is 3. The van der Waals surface area contributed by atoms with Gasteiger partial charge in [0.2, 0.25) is 0 Å². The van der Waals surface area contributed by atoms with Crippen LogP contribution in [-0.2, 0) is 6.18 Å². The molecule has 0 aliphatic heterocycles. The molecule has 0 atom stereocenters. The van der Waals surface area contributed by atoms with Crippen LogP contribution in [0.4, 0.5) is 13.2 Å². The predicted molar refractivity (Wildman–Crippen MR) is 118 cm³/mol. The largest absolute Gasteiger partial charge is 0.493 e. The number of rotatable bonds is 9. The van der Waals surface area contributed by atoms with Crippen molar-refractivity contribution in [3.8, 4) is 28.8 Å². The molecule has 8 heteroatoms. The van der Waals surface area contributed by atoms with Crippen LogP contribution in [0.1, 0.15) is 11.1 Å². The number of para-hydroxylation sites is 1. The zero-order valence-corrected chi connectivity index (χ0v) is 17.7. The minimum atomic E-state index is -4.69. The number of hydrogen-bond donors (Lipinski definition) is 0. The van der Waals surface area contributed by atoms with Crippen LogP contribution < -0.4 is 9.47 Å². The van der Waals surface area contributed by atoms with Gasteiger partial charge in [-0.15, -0.1) is 11.8 Å². The molecule has 3 rings (SSSR count). The highest BCUT2D eigenvalue weighted by Crippen LogP contribution is 2.38. The van der Waals surface area contributed by atoms with E-state index in [2.05, 4.69) is 11.6 Å². The first kappa shape index (κ1) is 23.2. The highest BCUT2D eigenvalue weighted by molar-refractivity contribution is 7.99. The maximum atomic E-state index is 13.7. The van der Waals surface area contributed by atoms with E-state index in [4.69, 9.17) is 9.47 Å². The van der Waals surface area contributed by atoms with Crippen LogP contribution in [0.25, 0.3) is 11.3 Å². The van der Waals surface area contributed by atoms with Gasteiger partial charge in [-0.3, -0.25) is 0 Å². The van der Waals surface area contributed by atoms with Crippen molar-refractivity contribution in [2.45, 2.75) is 11.2 Å². The van der Waals surface area contributed by atoms with E-state index in [0.29, 0.717) is 29.4 Å². The van der Waals surface area contributed by atoms with Crippen molar-refractivity contribution in [2.24, 2.45) is 0 Å². The quantitative estimate of drug-likeness (QED) is 0.213. The molecule has 0 saturated carbocycles. The second kappa shape index (κ2) is 10.7. The molecule has 0 N–H and O–H groups in total. The number of nitriles is 1. The zero-order valence-electron chi connectivity index (χ0n) is 16.9. The van der Waals surface area contributed by atoms with E-state index in [-0.39, 0.29) is 17.3 Å². The van der Waals surface area contributed by atoms with Crippen LogP contribution in [0.3, 0.4) is 0 Å². The van der Waals surface area contributed by atoms with Gasteiger partial charge in [0.05, 0.1) is 23.4 Å². The molecular weight excluding hydrogens is 437 g/mol. The molecule has 1 heterocycles. The fraction of sp³-hybridized carbons (Fsp3) is 0.167. The summed E-state index contributed by atoms with van der Waals surface area (Å²) in [5, 5.41) is 9.43. The van der Waals surface area contributed by atoms with E-state index in [1.807, 2.05) is 18.2 Å². The predicted octanol–water partition coefficient (Wildman–Crippen LogP) is 6.37. The van der Waals surface area contributed by atoms with Crippen LogP contribution in [0.5, 0.6) is 11.5 Å². The maximum absolute atomic E-state index is 13.7. The van der Waals surface area contributed by atoms with Gasteiger partial charge in [0, 0.05) is 11.3 Å². The molecule has 0 bridgehead atoms. The normalized spacial score (nSPS) is 10.9. The average Bonchev–Trinajstić information content (AvgIpc) is 2.80. The number of thioether (sulfide) groups is 1. The fourth-order valence-electron chi connectivity index (χ4n) is 2.80. The van der Waals surface area contributed by atoms with Crippen LogP contribution in [0.2, 0.25) is 0 Å². The Morgan fingerprint density at radius 3 is 2.34 bits per heavy atom. The Labute approximate surface area is 188 Å². The number of pyridine rings is 1. The van der Waals surface area contributed by atoms with Gasteiger partial charge >= 0.3 is 6.18 Å². The lowest BCUT2D eigenvalue weighted by Crippen LogP contribution is -2.11. The fourth-order valence-corrected chi connectivity index (χ4v) is 3.62. The van der Waals surface area contributed by atoms with Crippen molar-refractivity contribution in [1.82, 2.24) is 4.98 Å². The summed E-state index contributed by atoms with van der Waals surface area (Å²) < 4.78 is 52.0. The number of aromatic nitrogens is 1. The van der Waals surface area contributed by atoms with Crippen molar-refractivity contribution in [2.75, 3.05) is 19.0 Å². The topological polar surface area (TPSA) is 55.1 Å². The van der Waals surface area contributed by atoms with Crippen molar-refractivity contribution < 1.29 is 22.6 Å². The third-order valence-corrected chi connectivity index (χ3v) is 5.20. The van der Waals surface area contributed by atoms with Crippen molar-refractivity contribution >= 4 is 11.8 Å². The van der Waals surface area contributed by atoms with E-state index in [0.717, 1.165) is 17.8 Å². The molecule has 0 saturated heterocycles. The second-order valence-corrected chi connectivity index (χ2v) is 7.56. The van der Waals surface area contributed by atoms with Crippen molar-refractivity contribution in [3.05, 3.63) is 84.4 Å². The minimum Gasteiger partial charge on any atom is -0.493 e. The highest BCUT2D eigenvalue weighted by atomic mass is 32.2. The first-order valence-electron chi connectivity index (χ1n) is 9.59. The van der Waals surface area contributed by atoms with Crippen molar-refractivity contribution in [1.29, 1.82) is 5.26 Å². The Kier molecular flexibility index (Phi) is 7.79. The van der Waals surface area contributed by atoms with Gasteiger partial charge in [-0.1, -0.05) is 30.9 Å². The molecule has 0 radical (unpaired) electrons. The molecule has 2 aromatic carbocycles. The summed E-state index contributed by atoms with van der Waals surface area (Å²) in [6, 6.07) is 18.2. The summed E-state index contributed by atoms with van der Waals surface area (Å²) in [6.45, 7) is 4.14. The molecule has 0 spiro atoms. The second-order valence-electron chi connectivity index (χ2n) is 6.48. The van der Waals surface area contributed by atoms with E-state index in [1.165, 1.54) is 0 Å². The average molecular weight is 456 g/mol. The molecule has 0 aliphatic carbocycles. The lowest BCUT2D eigenvalue weighted by atomic mass is 10.1. The lowest BCUT2D eigenvalue weighted by Gasteiger charge is -2.14. The SMILES string of the molecule is C=CCOc1ccc(-c2cc(C(F)(F)F)c(C#N)c(SCCOc3ccccc3)n2)cc1. The summed E-state index contributed by atoms with van der Waals surface area (Å²) in [7, 11) is 0. The van der Waals surface area contributed by atoms with Gasteiger partial charge in [0.1, 0.15) is 29.2 Å². The summed E-state index contributed by atoms with van der Waals surface area (Å²) in [6.07, 6.45) is -3.09. The minimum absolute atomic E-state index is 0.0148. The Bertz CT molecular complexity index is 1100. The third-order valence-electron chi connectivity index (χ3n) is 4.26. The number of alkyl halides is 3. The van der Waals surface area contributed by atoms with Crippen LogP contribution in [0.15, 0.2) is 78.3 Å². The number of benzene rings is 2. The number of nitrogens with zero attached hydrogens (tertiary/aromatic N) is 2. The summed E-state index contributed by atoms with van der Waals surface area (Å²) in [4.78, 5) is 4.35. The number of ether oxygens (including phenoxy) is 2. The molecule has 0 fully saturated rings. The van der Waals surface area contributed by atoms with Crippen LogP contribution in [-0.4, -0.2) is 24.0 Å². The molecule has 1 aromatic heterocycles. The van der Waals surface area contributed by atoms with Gasteiger partial charge in [0.25, 0.3) is 0 Å². The zero-order chi connectivity index (χ0) is 23.0. The summed E-state index contributed by atoms with van der Waals surface area (Å²) in [5.74, 6) is 1.54. The molecule has 32 heavy (non-hydrogen) atoms. The lowest BCUT2D eigenvalue weighted by molar-refractivity contribution is -0.138. The smallest absolute Gasteiger partial charge is 0.417 e. The Morgan fingerprint density at radius 2 is 1.72 bits per heavy atom. The standard InChI is InChI=1S/C24H19F3N2O2S/c1-2-12-30-19-10-8-17(9-11-19)22-15-21(24(25,26)27)20(16-28)23(29-22)32-14-13-31-18-6-4-3-5-7-18/h2-11,15H,1,12-14H2. The monoisotopic (exact) mass is 456 g/mol. The van der Waals surface area contributed by atoms with Gasteiger partial charge in [0.15, 0.2) is 0 Å². The summed E-state index contributed by atoms with van der Waals surface area (Å²) >= 11 is 1.05. The molecule has 0 aliphatic rings. The summed E-state index contributed by atoms with van der Waals surface area (Å²) in [5.41, 5.74) is -0.897. The molecule has 3 aromatic rings. The third kappa shape index (κ3) is 6.05.